The highest BCUT2D eigenvalue weighted by Gasteiger charge is 2.26. The molecule has 31 heavy (non-hydrogen) atoms. The molecular formula is C25H35N3O3. The van der Waals surface area contributed by atoms with Gasteiger partial charge in [-0.3, -0.25) is 4.99 Å². The van der Waals surface area contributed by atoms with Crippen molar-refractivity contribution in [2.24, 2.45) is 4.99 Å². The van der Waals surface area contributed by atoms with E-state index in [0.29, 0.717) is 12.5 Å². The Morgan fingerprint density at radius 1 is 1.19 bits per heavy atom. The van der Waals surface area contributed by atoms with Crippen molar-refractivity contribution in [3.05, 3.63) is 65.7 Å². The maximum absolute atomic E-state index is 10.4. The van der Waals surface area contributed by atoms with Crippen molar-refractivity contribution in [2.75, 3.05) is 39.9 Å². The molecule has 1 fully saturated rings. The van der Waals surface area contributed by atoms with Gasteiger partial charge in [-0.2, -0.15) is 0 Å². The fourth-order valence-electron chi connectivity index (χ4n) is 3.85. The van der Waals surface area contributed by atoms with Gasteiger partial charge in [-0.1, -0.05) is 42.5 Å². The van der Waals surface area contributed by atoms with Gasteiger partial charge in [0.05, 0.1) is 32.5 Å². The number of aliphatic hydroxyl groups is 1. The molecule has 2 aromatic carbocycles. The molecule has 1 aliphatic rings. The molecule has 0 radical (unpaired) electrons. The van der Waals surface area contributed by atoms with E-state index in [1.165, 1.54) is 5.56 Å². The molecule has 2 aromatic rings. The molecule has 0 bridgehead atoms. The lowest BCUT2D eigenvalue weighted by atomic mass is 9.98. The van der Waals surface area contributed by atoms with Gasteiger partial charge in [0.15, 0.2) is 5.96 Å². The second-order valence-corrected chi connectivity index (χ2v) is 7.94. The third-order valence-electron chi connectivity index (χ3n) is 5.67. The van der Waals surface area contributed by atoms with Gasteiger partial charge in [-0.05, 0) is 43.5 Å². The van der Waals surface area contributed by atoms with Crippen molar-refractivity contribution in [2.45, 2.75) is 38.4 Å². The summed E-state index contributed by atoms with van der Waals surface area (Å²) in [6, 6.07) is 18.4. The number of methoxy groups -OCH3 is 1. The largest absolute Gasteiger partial charge is 0.497 e. The minimum atomic E-state index is -0.639. The van der Waals surface area contributed by atoms with Gasteiger partial charge in [0.2, 0.25) is 0 Å². The zero-order valence-electron chi connectivity index (χ0n) is 18.8. The van der Waals surface area contributed by atoms with Crippen LogP contribution in [-0.2, 0) is 4.74 Å². The minimum Gasteiger partial charge on any atom is -0.497 e. The molecule has 1 aliphatic heterocycles. The molecule has 3 atom stereocenters. The number of benzene rings is 2. The van der Waals surface area contributed by atoms with Crippen molar-refractivity contribution in [3.63, 3.8) is 0 Å². The molecule has 0 aliphatic carbocycles. The normalized spacial score (nSPS) is 18.6. The summed E-state index contributed by atoms with van der Waals surface area (Å²) in [5.41, 5.74) is 2.43. The van der Waals surface area contributed by atoms with Crippen LogP contribution in [0.4, 0.5) is 0 Å². The highest BCUT2D eigenvalue weighted by molar-refractivity contribution is 5.80. The van der Waals surface area contributed by atoms with Crippen molar-refractivity contribution in [3.8, 4) is 5.75 Å². The molecule has 0 amide bonds. The Kier molecular flexibility index (Phi) is 8.74. The van der Waals surface area contributed by atoms with E-state index in [-0.39, 0.29) is 12.7 Å². The first-order valence-electron chi connectivity index (χ1n) is 11.1. The number of ether oxygens (including phenoxy) is 2. The summed E-state index contributed by atoms with van der Waals surface area (Å²) >= 11 is 0. The Balaban J connectivity index is 1.52. The van der Waals surface area contributed by atoms with Crippen LogP contribution < -0.4 is 10.1 Å². The van der Waals surface area contributed by atoms with E-state index in [2.05, 4.69) is 34.3 Å². The number of likely N-dealkylation sites (tertiary alicyclic amines) is 1. The predicted octanol–water partition coefficient (Wildman–Crippen LogP) is 3.59. The number of hydrogen-bond acceptors (Lipinski definition) is 4. The molecule has 6 heteroatoms. The molecule has 3 rings (SSSR count). The lowest BCUT2D eigenvalue weighted by molar-refractivity contribution is 0.00106. The van der Waals surface area contributed by atoms with Gasteiger partial charge in [-0.15, -0.1) is 0 Å². The average molecular weight is 426 g/mol. The topological polar surface area (TPSA) is 66.3 Å². The van der Waals surface area contributed by atoms with Crippen molar-refractivity contribution < 1.29 is 14.6 Å². The maximum Gasteiger partial charge on any atom is 0.194 e. The Morgan fingerprint density at radius 2 is 1.94 bits per heavy atom. The Bertz CT molecular complexity index is 811. The maximum atomic E-state index is 10.4. The molecule has 3 unspecified atom stereocenters. The highest BCUT2D eigenvalue weighted by atomic mass is 16.5. The molecule has 1 saturated heterocycles. The molecule has 0 spiro atoms. The second-order valence-electron chi connectivity index (χ2n) is 7.94. The smallest absolute Gasteiger partial charge is 0.194 e. The number of aliphatic hydroxyl groups excluding tert-OH is 1. The van der Waals surface area contributed by atoms with Crippen LogP contribution in [-0.4, -0.2) is 62.0 Å². The number of rotatable bonds is 9. The third kappa shape index (κ3) is 6.71. The first kappa shape index (κ1) is 23.1. The zero-order chi connectivity index (χ0) is 22.1. The second kappa shape index (κ2) is 11.7. The van der Waals surface area contributed by atoms with Gasteiger partial charge in [-0.25, -0.2) is 0 Å². The highest BCUT2D eigenvalue weighted by Crippen LogP contribution is 2.28. The van der Waals surface area contributed by atoms with E-state index in [1.54, 1.807) is 7.11 Å². The lowest BCUT2D eigenvalue weighted by Gasteiger charge is -2.22. The van der Waals surface area contributed by atoms with Crippen LogP contribution in [0, 0.1) is 0 Å². The number of aliphatic imine (C=N–C) groups is 1. The van der Waals surface area contributed by atoms with Crippen LogP contribution in [0.2, 0.25) is 0 Å². The summed E-state index contributed by atoms with van der Waals surface area (Å²) in [6.45, 7) is 7.28. The molecular weight excluding hydrogens is 390 g/mol. The quantitative estimate of drug-likeness (QED) is 0.475. The van der Waals surface area contributed by atoms with E-state index in [0.717, 1.165) is 43.3 Å². The third-order valence-corrected chi connectivity index (χ3v) is 5.67. The van der Waals surface area contributed by atoms with Crippen LogP contribution in [0.3, 0.4) is 0 Å². The van der Waals surface area contributed by atoms with E-state index < -0.39 is 6.10 Å². The first-order chi connectivity index (χ1) is 15.1. The monoisotopic (exact) mass is 425 g/mol. The Morgan fingerprint density at radius 3 is 2.61 bits per heavy atom. The Labute approximate surface area is 185 Å². The molecule has 2 N–H and O–H groups in total. The fraction of sp³-hybridized carbons (Fsp3) is 0.480. The number of hydrogen-bond donors (Lipinski definition) is 2. The molecule has 1 heterocycles. The lowest BCUT2D eigenvalue weighted by Crippen LogP contribution is -2.40. The molecule has 168 valence electrons. The summed E-state index contributed by atoms with van der Waals surface area (Å²) in [7, 11) is 1.69. The van der Waals surface area contributed by atoms with Gasteiger partial charge in [0.1, 0.15) is 5.75 Å². The standard InChI is InChI=1S/C25H35N3O3/c1-4-26-25(27-16-23(29)18-31-19(2)20-8-6-5-7-9-20)28-15-14-22(17-28)21-10-12-24(30-3)13-11-21/h5-13,19,22-23,29H,4,14-18H2,1-3H3,(H,26,27). The van der Waals surface area contributed by atoms with Crippen LogP contribution in [0.1, 0.15) is 43.4 Å². The van der Waals surface area contributed by atoms with E-state index in [4.69, 9.17) is 9.47 Å². The van der Waals surface area contributed by atoms with Gasteiger partial charge in [0.25, 0.3) is 0 Å². The van der Waals surface area contributed by atoms with Crippen LogP contribution in [0.25, 0.3) is 0 Å². The van der Waals surface area contributed by atoms with Crippen molar-refractivity contribution in [1.82, 2.24) is 10.2 Å². The van der Waals surface area contributed by atoms with E-state index in [1.807, 2.05) is 49.4 Å². The zero-order valence-corrected chi connectivity index (χ0v) is 18.8. The summed E-state index contributed by atoms with van der Waals surface area (Å²) in [4.78, 5) is 6.96. The number of nitrogens with zero attached hydrogens (tertiary/aromatic N) is 2. The predicted molar refractivity (Wildman–Crippen MR) is 125 cm³/mol. The van der Waals surface area contributed by atoms with Gasteiger partial charge in [0, 0.05) is 25.6 Å². The van der Waals surface area contributed by atoms with Gasteiger partial charge >= 0.3 is 0 Å². The number of nitrogens with one attached hydrogen (secondary N) is 1. The summed E-state index contributed by atoms with van der Waals surface area (Å²) < 4.78 is 11.1. The summed E-state index contributed by atoms with van der Waals surface area (Å²) in [5.74, 6) is 2.20. The van der Waals surface area contributed by atoms with Crippen molar-refractivity contribution >= 4 is 5.96 Å². The first-order valence-corrected chi connectivity index (χ1v) is 11.1. The van der Waals surface area contributed by atoms with Crippen molar-refractivity contribution in [1.29, 1.82) is 0 Å². The SMILES string of the molecule is CCNC(=NCC(O)COC(C)c1ccccc1)N1CCC(c2ccc(OC)cc2)C1. The number of guanidine groups is 1. The van der Waals surface area contributed by atoms with E-state index in [9.17, 15) is 5.11 Å². The van der Waals surface area contributed by atoms with E-state index >= 15 is 0 Å². The Hall–Kier alpha value is -2.57. The average Bonchev–Trinajstić information content (AvgIpc) is 3.31. The summed E-state index contributed by atoms with van der Waals surface area (Å²) in [6.07, 6.45) is 0.383. The molecule has 6 nitrogen and oxygen atoms in total. The fourth-order valence-corrected chi connectivity index (χ4v) is 3.85. The molecule has 0 aromatic heterocycles. The summed E-state index contributed by atoms with van der Waals surface area (Å²) in [5, 5.41) is 13.8. The van der Waals surface area contributed by atoms with Crippen LogP contribution in [0.5, 0.6) is 5.75 Å². The van der Waals surface area contributed by atoms with Crippen LogP contribution >= 0.6 is 0 Å². The minimum absolute atomic E-state index is 0.0584. The molecule has 0 saturated carbocycles. The van der Waals surface area contributed by atoms with Gasteiger partial charge < -0.3 is 24.8 Å². The van der Waals surface area contributed by atoms with Crippen LogP contribution in [0.15, 0.2) is 59.6 Å².